The molecule has 2 aromatic rings. The number of rotatable bonds is 4. The van der Waals surface area contributed by atoms with Gasteiger partial charge in [-0.3, -0.25) is 0 Å². The van der Waals surface area contributed by atoms with E-state index in [1.807, 2.05) is 6.92 Å². The molecule has 3 nitrogen and oxygen atoms in total. The lowest BCUT2D eigenvalue weighted by Crippen LogP contribution is -2.07. The molecular formula is C16H16FN3. The molecule has 0 radical (unpaired) electrons. The Hall–Kier alpha value is -2.54. The monoisotopic (exact) mass is 269 g/mol. The van der Waals surface area contributed by atoms with E-state index in [1.165, 1.54) is 12.1 Å². The van der Waals surface area contributed by atoms with Crippen molar-refractivity contribution in [3.05, 3.63) is 58.9 Å². The third-order valence-electron chi connectivity index (χ3n) is 3.18. The van der Waals surface area contributed by atoms with Gasteiger partial charge in [0.2, 0.25) is 0 Å². The van der Waals surface area contributed by atoms with Crippen LogP contribution in [0.4, 0.5) is 15.8 Å². The van der Waals surface area contributed by atoms with Gasteiger partial charge in [0.1, 0.15) is 11.9 Å². The number of anilines is 2. The number of hydrogen-bond acceptors (Lipinski definition) is 3. The van der Waals surface area contributed by atoms with E-state index >= 15 is 0 Å². The van der Waals surface area contributed by atoms with Gasteiger partial charge >= 0.3 is 0 Å². The zero-order valence-corrected chi connectivity index (χ0v) is 11.3. The molecule has 0 bridgehead atoms. The first-order valence-corrected chi connectivity index (χ1v) is 6.38. The summed E-state index contributed by atoms with van der Waals surface area (Å²) >= 11 is 0. The fraction of sp³-hybridized carbons (Fsp3) is 0.188. The minimum absolute atomic E-state index is 0.218. The first-order chi connectivity index (χ1) is 9.60. The zero-order chi connectivity index (χ0) is 14.5. The predicted molar refractivity (Wildman–Crippen MR) is 78.9 cm³/mol. The van der Waals surface area contributed by atoms with Crippen LogP contribution in [-0.4, -0.2) is 6.54 Å². The van der Waals surface area contributed by atoms with E-state index < -0.39 is 0 Å². The summed E-state index contributed by atoms with van der Waals surface area (Å²) in [7, 11) is 0. The fourth-order valence-electron chi connectivity index (χ4n) is 2.08. The Morgan fingerprint density at radius 1 is 1.25 bits per heavy atom. The molecule has 0 spiro atoms. The van der Waals surface area contributed by atoms with Gasteiger partial charge in [0.15, 0.2) is 0 Å². The second-order valence-corrected chi connectivity index (χ2v) is 4.66. The van der Waals surface area contributed by atoms with Gasteiger partial charge in [-0.15, -0.1) is 0 Å². The summed E-state index contributed by atoms with van der Waals surface area (Å²) in [5.41, 5.74) is 9.53. The van der Waals surface area contributed by atoms with Gasteiger partial charge in [-0.1, -0.05) is 6.07 Å². The Morgan fingerprint density at radius 2 is 2.05 bits per heavy atom. The highest BCUT2D eigenvalue weighted by Gasteiger charge is 2.03. The maximum atomic E-state index is 13.0. The van der Waals surface area contributed by atoms with Crippen molar-refractivity contribution in [3.8, 4) is 6.07 Å². The Kier molecular flexibility index (Phi) is 4.21. The number of halogens is 1. The van der Waals surface area contributed by atoms with E-state index in [1.54, 1.807) is 24.3 Å². The standard InChI is InChI=1S/C16H16FN3/c1-11-8-14(17)3-2-12(11)6-7-20-16-5-4-15(19)9-13(16)10-18/h2-5,8-9,20H,6-7,19H2,1H3. The molecule has 0 atom stereocenters. The highest BCUT2D eigenvalue weighted by molar-refractivity contribution is 5.62. The molecule has 4 heteroatoms. The van der Waals surface area contributed by atoms with Crippen molar-refractivity contribution < 1.29 is 4.39 Å². The smallest absolute Gasteiger partial charge is 0.123 e. The normalized spacial score (nSPS) is 10.1. The minimum atomic E-state index is -0.218. The van der Waals surface area contributed by atoms with Crippen molar-refractivity contribution in [2.24, 2.45) is 0 Å². The molecule has 0 saturated carbocycles. The van der Waals surface area contributed by atoms with Crippen molar-refractivity contribution in [1.82, 2.24) is 0 Å². The number of nitrogens with zero attached hydrogens (tertiary/aromatic N) is 1. The van der Waals surface area contributed by atoms with Crippen LogP contribution in [0.2, 0.25) is 0 Å². The van der Waals surface area contributed by atoms with E-state index in [9.17, 15) is 4.39 Å². The molecular weight excluding hydrogens is 253 g/mol. The number of benzene rings is 2. The summed E-state index contributed by atoms with van der Waals surface area (Å²) in [5.74, 6) is -0.218. The number of nitrogens with two attached hydrogens (primary N) is 1. The average molecular weight is 269 g/mol. The molecule has 0 unspecified atom stereocenters. The summed E-state index contributed by atoms with van der Waals surface area (Å²) < 4.78 is 13.0. The highest BCUT2D eigenvalue weighted by Crippen LogP contribution is 2.18. The van der Waals surface area contributed by atoms with Crippen LogP contribution in [0.25, 0.3) is 0 Å². The third kappa shape index (κ3) is 3.27. The molecule has 0 amide bonds. The summed E-state index contributed by atoms with van der Waals surface area (Å²) in [5, 5.41) is 12.3. The second kappa shape index (κ2) is 6.07. The molecule has 0 aliphatic rings. The van der Waals surface area contributed by atoms with Crippen molar-refractivity contribution in [3.63, 3.8) is 0 Å². The number of nitriles is 1. The van der Waals surface area contributed by atoms with Crippen LogP contribution in [0.1, 0.15) is 16.7 Å². The second-order valence-electron chi connectivity index (χ2n) is 4.66. The molecule has 0 aromatic heterocycles. The van der Waals surface area contributed by atoms with Gasteiger partial charge in [-0.25, -0.2) is 4.39 Å². The number of aryl methyl sites for hydroxylation is 1. The van der Waals surface area contributed by atoms with Crippen LogP contribution >= 0.6 is 0 Å². The van der Waals surface area contributed by atoms with Crippen molar-refractivity contribution in [2.45, 2.75) is 13.3 Å². The first kappa shape index (κ1) is 13.9. The Bertz CT molecular complexity index is 659. The molecule has 20 heavy (non-hydrogen) atoms. The third-order valence-corrected chi connectivity index (χ3v) is 3.18. The number of nitrogens with one attached hydrogen (secondary N) is 1. The van der Waals surface area contributed by atoms with E-state index in [0.717, 1.165) is 23.2 Å². The Labute approximate surface area is 117 Å². The summed E-state index contributed by atoms with van der Waals surface area (Å²) in [6.07, 6.45) is 0.765. The minimum Gasteiger partial charge on any atom is -0.399 e. The molecule has 2 aromatic carbocycles. The van der Waals surface area contributed by atoms with E-state index in [4.69, 9.17) is 11.0 Å². The van der Waals surface area contributed by atoms with Gasteiger partial charge < -0.3 is 11.1 Å². The molecule has 0 fully saturated rings. The number of hydrogen-bond donors (Lipinski definition) is 2. The van der Waals surface area contributed by atoms with Gasteiger partial charge in [-0.05, 0) is 54.8 Å². The van der Waals surface area contributed by atoms with E-state index in [0.29, 0.717) is 17.8 Å². The maximum absolute atomic E-state index is 13.0. The van der Waals surface area contributed by atoms with Crippen molar-refractivity contribution in [1.29, 1.82) is 5.26 Å². The van der Waals surface area contributed by atoms with Crippen LogP contribution < -0.4 is 11.1 Å². The molecule has 0 aliphatic heterocycles. The van der Waals surface area contributed by atoms with Gasteiger partial charge in [0.05, 0.1) is 11.3 Å². The average Bonchev–Trinajstić information content (AvgIpc) is 2.42. The van der Waals surface area contributed by atoms with Crippen LogP contribution in [0, 0.1) is 24.1 Å². The lowest BCUT2D eigenvalue weighted by atomic mass is 10.1. The number of nitrogen functional groups attached to an aromatic ring is 1. The molecule has 2 rings (SSSR count). The zero-order valence-electron chi connectivity index (χ0n) is 11.3. The predicted octanol–water partition coefficient (Wildman–Crippen LogP) is 3.24. The van der Waals surface area contributed by atoms with Crippen LogP contribution in [0.5, 0.6) is 0 Å². The van der Waals surface area contributed by atoms with Crippen molar-refractivity contribution in [2.75, 3.05) is 17.6 Å². The van der Waals surface area contributed by atoms with Gasteiger partial charge in [0.25, 0.3) is 0 Å². The Balaban J connectivity index is 2.01. The lowest BCUT2D eigenvalue weighted by molar-refractivity contribution is 0.625. The van der Waals surface area contributed by atoms with Crippen LogP contribution in [0.3, 0.4) is 0 Å². The topological polar surface area (TPSA) is 61.8 Å². The fourth-order valence-corrected chi connectivity index (χ4v) is 2.08. The summed E-state index contributed by atoms with van der Waals surface area (Å²) in [6, 6.07) is 12.1. The van der Waals surface area contributed by atoms with E-state index in [-0.39, 0.29) is 5.82 Å². The Morgan fingerprint density at radius 3 is 2.75 bits per heavy atom. The van der Waals surface area contributed by atoms with Crippen LogP contribution in [0.15, 0.2) is 36.4 Å². The molecule has 0 heterocycles. The van der Waals surface area contributed by atoms with E-state index in [2.05, 4.69) is 11.4 Å². The molecule has 3 N–H and O–H groups in total. The SMILES string of the molecule is Cc1cc(F)ccc1CCNc1ccc(N)cc1C#N. The van der Waals surface area contributed by atoms with Gasteiger partial charge in [-0.2, -0.15) is 5.26 Å². The maximum Gasteiger partial charge on any atom is 0.123 e. The molecule has 0 aliphatic carbocycles. The quantitative estimate of drug-likeness (QED) is 0.837. The van der Waals surface area contributed by atoms with Crippen LogP contribution in [-0.2, 0) is 6.42 Å². The molecule has 0 saturated heterocycles. The van der Waals surface area contributed by atoms with Crippen molar-refractivity contribution >= 4 is 11.4 Å². The summed E-state index contributed by atoms with van der Waals surface area (Å²) in [4.78, 5) is 0. The highest BCUT2D eigenvalue weighted by atomic mass is 19.1. The summed E-state index contributed by atoms with van der Waals surface area (Å²) in [6.45, 7) is 2.56. The largest absolute Gasteiger partial charge is 0.399 e. The van der Waals surface area contributed by atoms with Gasteiger partial charge in [0, 0.05) is 12.2 Å². The lowest BCUT2D eigenvalue weighted by Gasteiger charge is -2.10. The first-order valence-electron chi connectivity index (χ1n) is 6.38. The molecule has 102 valence electrons.